The molecule has 1 aliphatic heterocycles. The molecule has 0 aromatic heterocycles. The third-order valence-electron chi connectivity index (χ3n) is 2.16. The van der Waals surface area contributed by atoms with Gasteiger partial charge in [0.05, 0.1) is 12.0 Å². The summed E-state index contributed by atoms with van der Waals surface area (Å²) >= 11 is 0. The van der Waals surface area contributed by atoms with Crippen molar-refractivity contribution in [2.45, 2.75) is 0 Å². The molecule has 19 heavy (non-hydrogen) atoms. The smallest absolute Gasteiger partial charge is 0.444 e. The Bertz CT molecular complexity index is 559. The van der Waals surface area contributed by atoms with Crippen LogP contribution >= 0.6 is 0 Å². The third kappa shape index (κ3) is 2.24. The minimum atomic E-state index is -1.32. The predicted molar refractivity (Wildman–Crippen MR) is 57.4 cm³/mol. The minimum absolute atomic E-state index is 0.0486. The molecule has 1 heterocycles. The summed E-state index contributed by atoms with van der Waals surface area (Å²) in [5, 5.41) is 11.5. The molecule has 1 aliphatic rings. The molecule has 1 N–H and O–H groups in total. The number of nitro benzene ring substituents is 1. The van der Waals surface area contributed by atoms with Crippen molar-refractivity contribution in [1.29, 1.82) is 0 Å². The van der Waals surface area contributed by atoms with E-state index in [9.17, 15) is 19.7 Å². The number of carbonyl (C=O) groups is 2. The molecule has 1 aromatic carbocycles. The van der Waals surface area contributed by atoms with E-state index in [0.29, 0.717) is 5.17 Å². The van der Waals surface area contributed by atoms with Crippen molar-refractivity contribution >= 4 is 23.3 Å². The largest absolute Gasteiger partial charge is 0.494 e. The van der Waals surface area contributed by atoms with Gasteiger partial charge in [0.1, 0.15) is 0 Å². The van der Waals surface area contributed by atoms with Gasteiger partial charge < -0.3 is 14.4 Å². The lowest BCUT2D eigenvalue weighted by atomic mass is 10.2. The van der Waals surface area contributed by atoms with E-state index in [1.54, 1.807) is 0 Å². The average Bonchev–Trinajstić information content (AvgIpc) is 2.41. The second kappa shape index (κ2) is 4.78. The molecule has 1 fully saturated rings. The molecule has 0 spiro atoms. The number of benzene rings is 1. The van der Waals surface area contributed by atoms with Crippen LogP contribution in [0.1, 0.15) is 0 Å². The van der Waals surface area contributed by atoms with E-state index in [2.05, 4.69) is 9.68 Å². The molecular formula is C9H7N3O7. The van der Waals surface area contributed by atoms with E-state index >= 15 is 0 Å². The van der Waals surface area contributed by atoms with E-state index in [4.69, 9.17) is 4.74 Å². The summed E-state index contributed by atoms with van der Waals surface area (Å²) < 4.78 is 4.93. The van der Waals surface area contributed by atoms with E-state index in [1.165, 1.54) is 25.3 Å². The van der Waals surface area contributed by atoms with Gasteiger partial charge >= 0.3 is 17.6 Å². The van der Waals surface area contributed by atoms with E-state index in [-0.39, 0.29) is 11.4 Å². The van der Waals surface area contributed by atoms with Gasteiger partial charge in [-0.1, -0.05) is 11.2 Å². The van der Waals surface area contributed by atoms with Gasteiger partial charge in [0.15, 0.2) is 5.75 Å². The molecule has 10 heteroatoms. The molecular weight excluding hydrogens is 262 g/mol. The van der Waals surface area contributed by atoms with Crippen LogP contribution in [-0.2, 0) is 19.3 Å². The van der Waals surface area contributed by atoms with Crippen molar-refractivity contribution in [3.8, 4) is 5.75 Å². The fourth-order valence-electron chi connectivity index (χ4n) is 1.38. The lowest BCUT2D eigenvalue weighted by molar-refractivity contribution is -0.384. The number of hydrogen-bond acceptors (Lipinski definition) is 9. The molecule has 0 aliphatic carbocycles. The first kappa shape index (κ1) is 12.6. The van der Waals surface area contributed by atoms with Crippen molar-refractivity contribution in [3.05, 3.63) is 28.3 Å². The van der Waals surface area contributed by atoms with Crippen molar-refractivity contribution in [3.63, 3.8) is 0 Å². The Kier molecular flexibility index (Phi) is 3.16. The number of anilines is 1. The van der Waals surface area contributed by atoms with Gasteiger partial charge in [0.25, 0.3) is 0 Å². The molecule has 0 saturated carbocycles. The van der Waals surface area contributed by atoms with Crippen LogP contribution in [0.2, 0.25) is 0 Å². The van der Waals surface area contributed by atoms with Gasteiger partial charge in [-0.3, -0.25) is 10.1 Å². The highest BCUT2D eigenvalue weighted by molar-refractivity contribution is 6.30. The first-order valence-corrected chi connectivity index (χ1v) is 4.85. The van der Waals surface area contributed by atoms with Gasteiger partial charge in [-0.15, -0.1) is 0 Å². The van der Waals surface area contributed by atoms with E-state index in [1.807, 2.05) is 5.59 Å². The zero-order chi connectivity index (χ0) is 14.0. The van der Waals surface area contributed by atoms with E-state index < -0.39 is 22.5 Å². The van der Waals surface area contributed by atoms with Crippen LogP contribution in [0.15, 0.2) is 18.2 Å². The first-order valence-electron chi connectivity index (χ1n) is 4.85. The number of methoxy groups -OCH3 is 1. The molecule has 1 aromatic rings. The summed E-state index contributed by atoms with van der Waals surface area (Å²) in [7, 11) is 1.28. The SMILES string of the molecule is COc1cccc([N+](=O)[O-])c1N1NOC(=O)C(=O)O1. The normalized spacial score (nSPS) is 14.7. The van der Waals surface area contributed by atoms with Crippen molar-refractivity contribution < 1.29 is 28.9 Å². The third-order valence-corrected chi connectivity index (χ3v) is 2.16. The molecule has 0 amide bonds. The topological polar surface area (TPSA) is 120 Å². The van der Waals surface area contributed by atoms with Crippen LogP contribution in [0, 0.1) is 10.1 Å². The predicted octanol–water partition coefficient (Wildman–Crippen LogP) is -0.156. The first-order chi connectivity index (χ1) is 9.04. The Morgan fingerprint density at radius 1 is 1.37 bits per heavy atom. The van der Waals surface area contributed by atoms with Crippen LogP contribution < -0.4 is 15.5 Å². The molecule has 0 atom stereocenters. The quantitative estimate of drug-likeness (QED) is 0.453. The van der Waals surface area contributed by atoms with Gasteiger partial charge in [-0.25, -0.2) is 9.59 Å². The van der Waals surface area contributed by atoms with Crippen LogP contribution in [-0.4, -0.2) is 24.0 Å². The summed E-state index contributed by atoms with van der Waals surface area (Å²) in [5.41, 5.74) is 1.32. The number of nitrogens with zero attached hydrogens (tertiary/aromatic N) is 2. The number of nitro groups is 1. The van der Waals surface area contributed by atoms with Gasteiger partial charge in [0.2, 0.25) is 5.69 Å². The molecule has 10 nitrogen and oxygen atoms in total. The summed E-state index contributed by atoms with van der Waals surface area (Å²) in [5.74, 6) is -2.54. The minimum Gasteiger partial charge on any atom is -0.494 e. The Balaban J connectivity index is 2.45. The monoisotopic (exact) mass is 269 g/mol. The maximum atomic E-state index is 11.1. The lowest BCUT2D eigenvalue weighted by Crippen LogP contribution is -2.49. The van der Waals surface area contributed by atoms with Crippen molar-refractivity contribution in [1.82, 2.24) is 5.59 Å². The number of para-hydroxylation sites is 1. The number of hydrogen-bond donors (Lipinski definition) is 1. The average molecular weight is 269 g/mol. The number of rotatable bonds is 3. The lowest BCUT2D eigenvalue weighted by Gasteiger charge is -2.25. The Labute approximate surface area is 105 Å². The highest BCUT2D eigenvalue weighted by Gasteiger charge is 2.35. The second-order valence-corrected chi connectivity index (χ2v) is 3.24. The maximum Gasteiger partial charge on any atom is 0.444 e. The summed E-state index contributed by atoms with van der Waals surface area (Å²) in [6, 6.07) is 3.97. The zero-order valence-electron chi connectivity index (χ0n) is 9.48. The Hall–Kier alpha value is -2.88. The zero-order valence-corrected chi connectivity index (χ0v) is 9.48. The summed E-state index contributed by atoms with van der Waals surface area (Å²) in [4.78, 5) is 40.9. The Morgan fingerprint density at radius 2 is 2.11 bits per heavy atom. The van der Waals surface area contributed by atoms with E-state index in [0.717, 1.165) is 0 Å². The standard InChI is InChI=1S/C9H7N3O7/c1-17-6-4-2-3-5(12(15)16)7(6)11-10-18-8(13)9(14)19-11/h2-4,10H,1H3. The number of ether oxygens (including phenoxy) is 1. The summed E-state index contributed by atoms with van der Waals surface area (Å²) in [6.45, 7) is 0. The number of nitrogens with one attached hydrogen (secondary N) is 1. The Morgan fingerprint density at radius 3 is 2.68 bits per heavy atom. The second-order valence-electron chi connectivity index (χ2n) is 3.24. The van der Waals surface area contributed by atoms with Gasteiger partial charge in [-0.05, 0) is 11.7 Å². The van der Waals surface area contributed by atoms with Crippen molar-refractivity contribution in [2.75, 3.05) is 12.3 Å². The van der Waals surface area contributed by atoms with Crippen LogP contribution in [0.4, 0.5) is 11.4 Å². The highest BCUT2D eigenvalue weighted by atomic mass is 16.9. The van der Waals surface area contributed by atoms with Crippen LogP contribution in [0.5, 0.6) is 5.75 Å². The number of hydrazine groups is 1. The summed E-state index contributed by atoms with van der Waals surface area (Å²) in [6.07, 6.45) is 0. The molecule has 0 bridgehead atoms. The molecule has 1 saturated heterocycles. The van der Waals surface area contributed by atoms with Crippen LogP contribution in [0.25, 0.3) is 0 Å². The van der Waals surface area contributed by atoms with Crippen LogP contribution in [0.3, 0.4) is 0 Å². The van der Waals surface area contributed by atoms with Gasteiger partial charge in [0, 0.05) is 6.07 Å². The molecule has 0 radical (unpaired) electrons. The van der Waals surface area contributed by atoms with Gasteiger partial charge in [-0.2, -0.15) is 0 Å². The maximum absolute atomic E-state index is 11.1. The highest BCUT2D eigenvalue weighted by Crippen LogP contribution is 2.37. The van der Waals surface area contributed by atoms with Crippen molar-refractivity contribution in [2.24, 2.45) is 0 Å². The fraction of sp³-hybridized carbons (Fsp3) is 0.111. The molecule has 100 valence electrons. The molecule has 0 unspecified atom stereocenters. The number of carbonyl (C=O) groups excluding carboxylic acids is 2. The molecule has 2 rings (SSSR count). The fourth-order valence-corrected chi connectivity index (χ4v) is 1.38.